The minimum Gasteiger partial charge on any atom is -0.361 e. The number of H-pyrrole nitrogens is 1. The van der Waals surface area contributed by atoms with E-state index < -0.39 is 5.41 Å². The van der Waals surface area contributed by atoms with Crippen molar-refractivity contribution in [3.8, 4) is 0 Å². The fourth-order valence-corrected chi connectivity index (χ4v) is 3.40. The summed E-state index contributed by atoms with van der Waals surface area (Å²) < 4.78 is 0. The van der Waals surface area contributed by atoms with Crippen LogP contribution in [0.5, 0.6) is 0 Å². The topological polar surface area (TPSA) is 74.0 Å². The summed E-state index contributed by atoms with van der Waals surface area (Å²) in [7, 11) is 0. The lowest BCUT2D eigenvalue weighted by Crippen LogP contribution is -2.27. The van der Waals surface area contributed by atoms with E-state index in [1.54, 1.807) is 0 Å². The fraction of sp³-hybridized carbons (Fsp3) is 0.263. The van der Waals surface area contributed by atoms with Crippen LogP contribution in [-0.4, -0.2) is 16.8 Å². The Hall–Kier alpha value is -2.60. The third-order valence-electron chi connectivity index (χ3n) is 3.89. The zero-order chi connectivity index (χ0) is 18.2. The Bertz CT molecular complexity index is 947. The Morgan fingerprint density at radius 3 is 2.60 bits per heavy atom. The molecule has 1 aromatic carbocycles. The molecule has 6 heteroatoms. The second-order valence-electron chi connectivity index (χ2n) is 7.03. The van der Waals surface area contributed by atoms with Crippen LogP contribution in [0, 0.1) is 12.3 Å². The van der Waals surface area contributed by atoms with Gasteiger partial charge in [-0.05, 0) is 36.8 Å². The van der Waals surface area contributed by atoms with E-state index in [1.807, 2.05) is 64.2 Å². The van der Waals surface area contributed by atoms with E-state index in [9.17, 15) is 9.59 Å². The lowest BCUT2D eigenvalue weighted by Gasteiger charge is -2.16. The van der Waals surface area contributed by atoms with E-state index >= 15 is 0 Å². The van der Waals surface area contributed by atoms with E-state index in [-0.39, 0.29) is 11.8 Å². The Balaban J connectivity index is 1.81. The van der Waals surface area contributed by atoms with E-state index in [1.165, 1.54) is 11.3 Å². The van der Waals surface area contributed by atoms with Gasteiger partial charge in [0.05, 0.1) is 15.6 Å². The number of amides is 2. The first kappa shape index (κ1) is 17.2. The third kappa shape index (κ3) is 3.58. The Morgan fingerprint density at radius 2 is 1.88 bits per heavy atom. The second-order valence-corrected chi connectivity index (χ2v) is 8.08. The van der Waals surface area contributed by atoms with Crippen molar-refractivity contribution < 1.29 is 9.59 Å². The lowest BCUT2D eigenvalue weighted by molar-refractivity contribution is -0.123. The molecule has 0 unspecified atom stereocenters. The number of fused-ring (bicyclic) bond motifs is 1. The van der Waals surface area contributed by atoms with Crippen LogP contribution in [-0.2, 0) is 4.79 Å². The zero-order valence-electron chi connectivity index (χ0n) is 14.7. The van der Waals surface area contributed by atoms with Crippen LogP contribution in [0.25, 0.3) is 10.9 Å². The summed E-state index contributed by atoms with van der Waals surface area (Å²) in [5.41, 5.74) is 2.09. The van der Waals surface area contributed by atoms with Crippen LogP contribution in [0.2, 0.25) is 0 Å². The highest BCUT2D eigenvalue weighted by atomic mass is 32.1. The molecule has 0 saturated heterocycles. The molecular formula is C19H21N3O2S. The molecule has 0 saturated carbocycles. The minimum absolute atomic E-state index is 0.0715. The number of thiophene rings is 1. The van der Waals surface area contributed by atoms with Crippen LogP contribution in [0.1, 0.15) is 36.0 Å². The van der Waals surface area contributed by atoms with Crippen molar-refractivity contribution in [2.24, 2.45) is 5.41 Å². The molecule has 0 fully saturated rings. The maximum atomic E-state index is 12.7. The van der Waals surface area contributed by atoms with Gasteiger partial charge < -0.3 is 15.6 Å². The molecule has 0 aliphatic rings. The maximum absolute atomic E-state index is 12.7. The third-order valence-corrected chi connectivity index (χ3v) is 5.04. The molecular weight excluding hydrogens is 334 g/mol. The molecule has 5 nitrogen and oxygen atoms in total. The summed E-state index contributed by atoms with van der Waals surface area (Å²) in [4.78, 5) is 28.5. The summed E-state index contributed by atoms with van der Waals surface area (Å²) in [5, 5.41) is 7.49. The quantitative estimate of drug-likeness (QED) is 0.633. The number of aromatic nitrogens is 1. The highest BCUT2D eigenvalue weighted by Crippen LogP contribution is 2.30. The second kappa shape index (κ2) is 6.37. The molecule has 3 aromatic rings. The summed E-state index contributed by atoms with van der Waals surface area (Å²) in [5.74, 6) is -0.245. The van der Waals surface area contributed by atoms with E-state index in [4.69, 9.17) is 0 Å². The first-order valence-corrected chi connectivity index (χ1v) is 8.87. The normalized spacial score (nSPS) is 11.5. The number of aryl methyl sites for hydroxylation is 1. The molecule has 0 aliphatic carbocycles. The number of rotatable bonds is 3. The van der Waals surface area contributed by atoms with Crippen molar-refractivity contribution in [1.29, 1.82) is 0 Å². The Morgan fingerprint density at radius 1 is 1.12 bits per heavy atom. The van der Waals surface area contributed by atoms with Crippen molar-refractivity contribution in [3.63, 3.8) is 0 Å². The molecule has 25 heavy (non-hydrogen) atoms. The predicted octanol–water partition coefficient (Wildman–Crippen LogP) is 4.77. The van der Waals surface area contributed by atoms with E-state index in [2.05, 4.69) is 15.6 Å². The van der Waals surface area contributed by atoms with E-state index in [0.717, 1.165) is 22.2 Å². The van der Waals surface area contributed by atoms with Gasteiger partial charge in [-0.1, -0.05) is 26.8 Å². The van der Waals surface area contributed by atoms with Gasteiger partial charge in [-0.2, -0.15) is 0 Å². The van der Waals surface area contributed by atoms with Gasteiger partial charge >= 0.3 is 0 Å². The Labute approximate surface area is 150 Å². The van der Waals surface area contributed by atoms with Crippen LogP contribution < -0.4 is 10.6 Å². The van der Waals surface area contributed by atoms with Gasteiger partial charge in [-0.3, -0.25) is 9.59 Å². The molecule has 130 valence electrons. The van der Waals surface area contributed by atoms with Gasteiger partial charge in [0, 0.05) is 22.5 Å². The average molecular weight is 355 g/mol. The number of carbonyl (C=O) groups is 2. The van der Waals surface area contributed by atoms with Crippen LogP contribution in [0.3, 0.4) is 0 Å². The minimum atomic E-state index is -0.482. The molecule has 0 radical (unpaired) electrons. The van der Waals surface area contributed by atoms with Gasteiger partial charge in [0.25, 0.3) is 5.91 Å². The smallest absolute Gasteiger partial charge is 0.266 e. The summed E-state index contributed by atoms with van der Waals surface area (Å²) >= 11 is 1.29. The van der Waals surface area contributed by atoms with Crippen LogP contribution >= 0.6 is 11.3 Å². The summed E-state index contributed by atoms with van der Waals surface area (Å²) in [6.45, 7) is 7.44. The number of hydrogen-bond donors (Lipinski definition) is 3. The van der Waals surface area contributed by atoms with Gasteiger partial charge in [-0.15, -0.1) is 11.3 Å². The summed E-state index contributed by atoms with van der Waals surface area (Å²) in [6.07, 6.45) is 1.84. The number of anilines is 2. The summed E-state index contributed by atoms with van der Waals surface area (Å²) in [6, 6.07) is 9.49. The number of nitrogens with one attached hydrogen (secondary N) is 3. The van der Waals surface area contributed by atoms with Crippen molar-refractivity contribution >= 4 is 44.7 Å². The standard InChI is InChI=1S/C19H21N3O2S/c1-11-10-15(22-18(24)19(2,3)4)25-16(11)17(23)21-14-7-5-6-13-12(14)8-9-20-13/h5-10,20H,1-4H3,(H,21,23)(H,22,24). The van der Waals surface area contributed by atoms with E-state index in [0.29, 0.717) is 9.88 Å². The lowest BCUT2D eigenvalue weighted by atomic mass is 9.96. The average Bonchev–Trinajstić information content (AvgIpc) is 3.13. The van der Waals surface area contributed by atoms with Crippen molar-refractivity contribution in [2.75, 3.05) is 10.6 Å². The molecule has 3 rings (SSSR count). The number of carbonyl (C=O) groups excluding carboxylic acids is 2. The molecule has 2 heterocycles. The predicted molar refractivity (Wildman–Crippen MR) is 103 cm³/mol. The largest absolute Gasteiger partial charge is 0.361 e. The SMILES string of the molecule is Cc1cc(NC(=O)C(C)(C)C)sc1C(=O)Nc1cccc2[nH]ccc12. The number of benzene rings is 1. The van der Waals surface area contributed by atoms with Gasteiger partial charge in [0.1, 0.15) is 0 Å². The fourth-order valence-electron chi connectivity index (χ4n) is 2.44. The molecule has 2 amide bonds. The van der Waals surface area contributed by atoms with Gasteiger partial charge in [0.2, 0.25) is 5.91 Å². The van der Waals surface area contributed by atoms with Crippen LogP contribution in [0.15, 0.2) is 36.5 Å². The van der Waals surface area contributed by atoms with Crippen LogP contribution in [0.4, 0.5) is 10.7 Å². The maximum Gasteiger partial charge on any atom is 0.266 e. The van der Waals surface area contributed by atoms with Crippen molar-refractivity contribution in [3.05, 3.63) is 47.0 Å². The van der Waals surface area contributed by atoms with Gasteiger partial charge in [-0.25, -0.2) is 0 Å². The number of hydrogen-bond acceptors (Lipinski definition) is 3. The Kier molecular flexibility index (Phi) is 4.39. The highest BCUT2D eigenvalue weighted by Gasteiger charge is 2.23. The molecule has 0 atom stereocenters. The highest BCUT2D eigenvalue weighted by molar-refractivity contribution is 7.18. The molecule has 3 N–H and O–H groups in total. The monoisotopic (exact) mass is 355 g/mol. The van der Waals surface area contributed by atoms with Gasteiger partial charge in [0.15, 0.2) is 0 Å². The van der Waals surface area contributed by atoms with Crippen molar-refractivity contribution in [1.82, 2.24) is 4.98 Å². The molecule has 0 bridgehead atoms. The first-order chi connectivity index (χ1) is 11.8. The zero-order valence-corrected chi connectivity index (χ0v) is 15.5. The molecule has 2 aromatic heterocycles. The molecule has 0 spiro atoms. The van der Waals surface area contributed by atoms with Crippen molar-refractivity contribution in [2.45, 2.75) is 27.7 Å². The first-order valence-electron chi connectivity index (χ1n) is 8.05. The molecule has 0 aliphatic heterocycles. The number of aromatic amines is 1.